The number of hydrogen-bond donors (Lipinski definition) is 1. The third-order valence-corrected chi connectivity index (χ3v) is 5.61. The molecule has 0 spiro atoms. The van der Waals surface area contributed by atoms with E-state index in [4.69, 9.17) is 16.6 Å². The number of anilines is 1. The third kappa shape index (κ3) is 6.16. The second kappa shape index (κ2) is 11.0. The first-order chi connectivity index (χ1) is 16.9. The number of imidazole rings is 1. The van der Waals surface area contributed by atoms with Gasteiger partial charge in [-0.25, -0.2) is 4.98 Å². The highest BCUT2D eigenvalue weighted by atomic mass is 35.5. The van der Waals surface area contributed by atoms with E-state index in [1.54, 1.807) is 29.2 Å². The molecule has 1 N–H and O–H groups in total. The Balaban J connectivity index is 1.59. The van der Waals surface area contributed by atoms with Crippen LogP contribution >= 0.6 is 11.6 Å². The molecular weight excluding hydrogens is 460 g/mol. The summed E-state index contributed by atoms with van der Waals surface area (Å²) >= 11 is 5.97. The van der Waals surface area contributed by atoms with Gasteiger partial charge in [-0.2, -0.15) is 0 Å². The summed E-state index contributed by atoms with van der Waals surface area (Å²) in [6, 6.07) is 26.1. The number of hydrogen-bond acceptors (Lipinski definition) is 3. The topological polar surface area (TPSA) is 67.2 Å². The molecule has 0 unspecified atom stereocenters. The van der Waals surface area contributed by atoms with E-state index in [0.29, 0.717) is 23.1 Å². The summed E-state index contributed by atoms with van der Waals surface area (Å²) in [5, 5.41) is 3.47. The van der Waals surface area contributed by atoms with Gasteiger partial charge in [0, 0.05) is 34.6 Å². The fourth-order valence-electron chi connectivity index (χ4n) is 3.77. The molecule has 7 heteroatoms. The van der Waals surface area contributed by atoms with Crippen LogP contribution in [-0.2, 0) is 4.79 Å². The van der Waals surface area contributed by atoms with Crippen LogP contribution in [0.5, 0.6) is 0 Å². The van der Waals surface area contributed by atoms with Crippen molar-refractivity contribution in [2.75, 3.05) is 18.4 Å². The Morgan fingerprint density at radius 3 is 2.20 bits per heavy atom. The van der Waals surface area contributed by atoms with E-state index in [1.807, 2.05) is 85.3 Å². The molecule has 4 aromatic rings. The van der Waals surface area contributed by atoms with Crippen LogP contribution in [0.2, 0.25) is 5.02 Å². The van der Waals surface area contributed by atoms with Crippen LogP contribution < -0.4 is 5.32 Å². The van der Waals surface area contributed by atoms with E-state index >= 15 is 0 Å². The highest BCUT2D eigenvalue weighted by molar-refractivity contribution is 6.30. The highest BCUT2D eigenvalue weighted by Gasteiger charge is 2.21. The molecule has 0 saturated carbocycles. The minimum Gasteiger partial charge on any atom is -0.329 e. The zero-order valence-electron chi connectivity index (χ0n) is 19.7. The summed E-state index contributed by atoms with van der Waals surface area (Å²) < 4.78 is 1.84. The minimum atomic E-state index is -0.324. The first-order valence-corrected chi connectivity index (χ1v) is 11.8. The van der Waals surface area contributed by atoms with Crippen LogP contribution in [0.4, 0.5) is 5.95 Å². The van der Waals surface area contributed by atoms with Gasteiger partial charge in [-0.15, -0.1) is 0 Å². The fraction of sp³-hybridized carbons (Fsp3) is 0.179. The fourth-order valence-corrected chi connectivity index (χ4v) is 3.90. The number of carbonyl (C=O) groups is 2. The van der Waals surface area contributed by atoms with Crippen LogP contribution in [0.15, 0.2) is 91.1 Å². The van der Waals surface area contributed by atoms with Crippen molar-refractivity contribution in [3.8, 4) is 16.9 Å². The molecule has 0 aliphatic carbocycles. The number of nitrogens with zero attached hydrogens (tertiary/aromatic N) is 3. The molecular formula is C28H27ClN4O2. The SMILES string of the molecule is CC(C)CN(CC(=O)Nc1nc(-c2ccccc2)cn1-c1ccccc1)C(=O)c1ccc(Cl)cc1. The summed E-state index contributed by atoms with van der Waals surface area (Å²) in [6.07, 6.45) is 1.89. The van der Waals surface area contributed by atoms with E-state index in [9.17, 15) is 9.59 Å². The third-order valence-electron chi connectivity index (χ3n) is 5.36. The number of benzene rings is 3. The predicted octanol–water partition coefficient (Wildman–Crippen LogP) is 5.93. The number of aromatic nitrogens is 2. The summed E-state index contributed by atoms with van der Waals surface area (Å²) in [5.74, 6) is 0.0378. The molecule has 0 atom stereocenters. The molecule has 1 aromatic heterocycles. The standard InChI is InChI=1S/C28H27ClN4O2/c1-20(2)17-32(27(35)22-13-15-23(29)16-14-22)19-26(34)31-28-30-25(21-9-5-3-6-10-21)18-33(28)24-11-7-4-8-12-24/h3-16,18,20H,17,19H2,1-2H3,(H,30,31,34). The molecule has 0 aliphatic rings. The smallest absolute Gasteiger partial charge is 0.254 e. The molecule has 4 rings (SSSR count). The van der Waals surface area contributed by atoms with Gasteiger partial charge in [0.2, 0.25) is 11.9 Å². The van der Waals surface area contributed by atoms with E-state index in [2.05, 4.69) is 5.32 Å². The normalized spacial score (nSPS) is 10.9. The number of nitrogens with one attached hydrogen (secondary N) is 1. The summed E-state index contributed by atoms with van der Waals surface area (Å²) in [5.41, 5.74) is 3.03. The van der Waals surface area contributed by atoms with E-state index in [0.717, 1.165) is 16.9 Å². The highest BCUT2D eigenvalue weighted by Crippen LogP contribution is 2.24. The molecule has 0 saturated heterocycles. The van der Waals surface area contributed by atoms with E-state index < -0.39 is 0 Å². The molecule has 3 aromatic carbocycles. The van der Waals surface area contributed by atoms with E-state index in [1.165, 1.54) is 0 Å². The van der Waals surface area contributed by atoms with Crippen LogP contribution in [-0.4, -0.2) is 39.4 Å². The maximum Gasteiger partial charge on any atom is 0.254 e. The quantitative estimate of drug-likeness (QED) is 0.335. The van der Waals surface area contributed by atoms with Crippen molar-refractivity contribution >= 4 is 29.4 Å². The van der Waals surface area contributed by atoms with Crippen molar-refractivity contribution in [2.45, 2.75) is 13.8 Å². The van der Waals surface area contributed by atoms with Crippen molar-refractivity contribution < 1.29 is 9.59 Å². The molecule has 2 amide bonds. The molecule has 178 valence electrons. The second-order valence-corrected chi connectivity index (χ2v) is 9.09. The maximum atomic E-state index is 13.1. The molecule has 1 heterocycles. The molecule has 6 nitrogen and oxygen atoms in total. The Morgan fingerprint density at radius 2 is 1.57 bits per heavy atom. The molecule has 0 aliphatic heterocycles. The van der Waals surface area contributed by atoms with Crippen molar-refractivity contribution in [3.63, 3.8) is 0 Å². The van der Waals surface area contributed by atoms with Crippen molar-refractivity contribution in [3.05, 3.63) is 102 Å². The average molecular weight is 487 g/mol. The van der Waals surface area contributed by atoms with Crippen LogP contribution in [0, 0.1) is 5.92 Å². The van der Waals surface area contributed by atoms with Gasteiger partial charge >= 0.3 is 0 Å². The zero-order chi connectivity index (χ0) is 24.8. The number of carbonyl (C=O) groups excluding carboxylic acids is 2. The van der Waals surface area contributed by atoms with Gasteiger partial charge in [-0.3, -0.25) is 19.5 Å². The zero-order valence-corrected chi connectivity index (χ0v) is 20.4. The summed E-state index contributed by atoms with van der Waals surface area (Å²) in [7, 11) is 0. The largest absolute Gasteiger partial charge is 0.329 e. The Kier molecular flexibility index (Phi) is 7.63. The van der Waals surface area contributed by atoms with Crippen LogP contribution in [0.1, 0.15) is 24.2 Å². The Hall–Kier alpha value is -3.90. The molecule has 0 bridgehead atoms. The van der Waals surface area contributed by atoms with Crippen LogP contribution in [0.25, 0.3) is 16.9 Å². The van der Waals surface area contributed by atoms with Gasteiger partial charge in [-0.1, -0.05) is 74.0 Å². The van der Waals surface area contributed by atoms with Crippen LogP contribution in [0.3, 0.4) is 0 Å². The lowest BCUT2D eigenvalue weighted by Gasteiger charge is -2.24. The number of amides is 2. The monoisotopic (exact) mass is 486 g/mol. The average Bonchev–Trinajstić information content (AvgIpc) is 3.28. The van der Waals surface area contributed by atoms with Gasteiger partial charge in [-0.05, 0) is 42.3 Å². The number of halogens is 1. The van der Waals surface area contributed by atoms with Gasteiger partial charge in [0.15, 0.2) is 0 Å². The Labute approximate surface area is 210 Å². The summed E-state index contributed by atoms with van der Waals surface area (Å²) in [6.45, 7) is 4.36. The van der Waals surface area contributed by atoms with Gasteiger partial charge in [0.1, 0.15) is 6.54 Å². The minimum absolute atomic E-state index is 0.0953. The lowest BCUT2D eigenvalue weighted by atomic mass is 10.1. The number of para-hydroxylation sites is 1. The lowest BCUT2D eigenvalue weighted by Crippen LogP contribution is -2.40. The molecule has 0 fully saturated rings. The van der Waals surface area contributed by atoms with Gasteiger partial charge in [0.25, 0.3) is 5.91 Å². The predicted molar refractivity (Wildman–Crippen MR) is 140 cm³/mol. The first-order valence-electron chi connectivity index (χ1n) is 11.5. The van der Waals surface area contributed by atoms with Crippen molar-refractivity contribution in [2.24, 2.45) is 5.92 Å². The first kappa shape index (κ1) is 24.2. The van der Waals surface area contributed by atoms with Gasteiger partial charge < -0.3 is 4.90 Å². The van der Waals surface area contributed by atoms with E-state index in [-0.39, 0.29) is 24.3 Å². The maximum absolute atomic E-state index is 13.1. The number of rotatable bonds is 8. The summed E-state index contributed by atoms with van der Waals surface area (Å²) in [4.78, 5) is 32.5. The lowest BCUT2D eigenvalue weighted by molar-refractivity contribution is -0.117. The van der Waals surface area contributed by atoms with Crippen molar-refractivity contribution in [1.82, 2.24) is 14.5 Å². The second-order valence-electron chi connectivity index (χ2n) is 8.66. The molecule has 35 heavy (non-hydrogen) atoms. The van der Waals surface area contributed by atoms with Crippen molar-refractivity contribution in [1.29, 1.82) is 0 Å². The Bertz CT molecular complexity index is 1290. The molecule has 0 radical (unpaired) electrons. The Morgan fingerprint density at radius 1 is 0.943 bits per heavy atom. The van der Waals surface area contributed by atoms with Gasteiger partial charge in [0.05, 0.1) is 5.69 Å².